The molecule has 1 atom stereocenters. The van der Waals surface area contributed by atoms with Gasteiger partial charge in [0.1, 0.15) is 11.4 Å². The topological polar surface area (TPSA) is 97.3 Å². The minimum atomic E-state index is -0.532. The van der Waals surface area contributed by atoms with E-state index in [1.165, 1.54) is 0 Å². The molecule has 33 heavy (non-hydrogen) atoms. The second kappa shape index (κ2) is 7.65. The van der Waals surface area contributed by atoms with E-state index in [0.717, 1.165) is 17.2 Å². The van der Waals surface area contributed by atoms with Gasteiger partial charge in [-0.15, -0.1) is 4.58 Å². The van der Waals surface area contributed by atoms with Gasteiger partial charge >= 0.3 is 6.09 Å². The van der Waals surface area contributed by atoms with Gasteiger partial charge in [-0.25, -0.2) is 4.98 Å². The highest BCUT2D eigenvalue weighted by Crippen LogP contribution is 2.23. The Hall–Kier alpha value is -3.81. The monoisotopic (exact) mass is 445 g/mol. The maximum atomic E-state index is 12.3. The largest absolute Gasteiger partial charge is 0.596 e. The van der Waals surface area contributed by atoms with Crippen molar-refractivity contribution in [3.05, 3.63) is 63.9 Å². The highest BCUT2D eigenvalue weighted by atomic mass is 16.6. The second-order valence-electron chi connectivity index (χ2n) is 9.37. The summed E-state index contributed by atoms with van der Waals surface area (Å²) in [7, 11) is 0. The fourth-order valence-electron chi connectivity index (χ4n) is 4.32. The minimum absolute atomic E-state index is 0.0782. The van der Waals surface area contributed by atoms with Gasteiger partial charge in [-0.2, -0.15) is 9.89 Å². The van der Waals surface area contributed by atoms with Crippen LogP contribution in [0, 0.1) is 0 Å². The van der Waals surface area contributed by atoms with Crippen molar-refractivity contribution < 1.29 is 19.2 Å². The molecule has 0 aliphatic carbocycles. The third kappa shape index (κ3) is 3.82. The van der Waals surface area contributed by atoms with Crippen LogP contribution in [0.5, 0.6) is 0 Å². The van der Waals surface area contributed by atoms with Crippen molar-refractivity contribution in [1.82, 2.24) is 14.8 Å². The lowest BCUT2D eigenvalue weighted by atomic mass is 10.0. The number of aliphatic hydroxyl groups excluding tert-OH is 1. The van der Waals surface area contributed by atoms with Gasteiger partial charge in [-0.05, 0) is 44.4 Å². The Balaban J connectivity index is 1.44. The van der Waals surface area contributed by atoms with Crippen molar-refractivity contribution in [2.45, 2.75) is 45.3 Å². The number of hydrogen-bond acceptors (Lipinski definition) is 6. The van der Waals surface area contributed by atoms with E-state index in [9.17, 15) is 14.7 Å². The van der Waals surface area contributed by atoms with Crippen LogP contribution in [0.4, 0.5) is 4.79 Å². The molecule has 0 fully saturated rings. The van der Waals surface area contributed by atoms with Gasteiger partial charge in [0.05, 0.1) is 28.7 Å². The zero-order valence-corrected chi connectivity index (χ0v) is 18.8. The molecule has 4 aromatic rings. The van der Waals surface area contributed by atoms with E-state index in [1.807, 2.05) is 43.9 Å². The molecule has 0 radical (unpaired) electrons. The van der Waals surface area contributed by atoms with Gasteiger partial charge in [0.15, 0.2) is 12.8 Å². The number of ether oxygens (including phenoxy) is 1. The molecule has 8 nitrogen and oxygen atoms in total. The number of carbonyl (C=O) groups excluding carboxylic acids is 1. The number of hydrogen-bond donors (Lipinski definition) is 1. The zero-order chi connectivity index (χ0) is 23.3. The van der Waals surface area contributed by atoms with Crippen molar-refractivity contribution in [3.8, 4) is 0 Å². The number of rotatable bonds is 2. The number of aliphatic hydroxyl groups is 1. The molecule has 0 saturated heterocycles. The highest BCUT2D eigenvalue weighted by Gasteiger charge is 2.31. The summed E-state index contributed by atoms with van der Waals surface area (Å²) in [5, 5.41) is 18.3. The lowest BCUT2D eigenvalue weighted by Gasteiger charge is -2.20. The van der Waals surface area contributed by atoms with Crippen molar-refractivity contribution >= 4 is 39.7 Å². The number of benzene rings is 2. The lowest BCUT2D eigenvalue weighted by Crippen LogP contribution is -2.35. The molecule has 1 unspecified atom stereocenters. The molecule has 2 aromatic heterocycles. The molecule has 1 aliphatic heterocycles. The number of nitrogens with zero attached hydrogens (tertiary/aromatic N) is 4. The van der Waals surface area contributed by atoms with Crippen molar-refractivity contribution in [1.29, 1.82) is 0 Å². The van der Waals surface area contributed by atoms with Crippen LogP contribution in [0.25, 0.3) is 27.4 Å². The predicted octanol–water partition coefficient (Wildman–Crippen LogP) is 3.17. The van der Waals surface area contributed by atoms with E-state index in [-0.39, 0.29) is 23.5 Å². The Morgan fingerprint density at radius 3 is 2.73 bits per heavy atom. The van der Waals surface area contributed by atoms with E-state index in [1.54, 1.807) is 35.0 Å². The van der Waals surface area contributed by atoms with Gasteiger partial charge in [0, 0.05) is 29.6 Å². The van der Waals surface area contributed by atoms with Crippen molar-refractivity contribution in [2.75, 3.05) is 6.54 Å². The second-order valence-corrected chi connectivity index (χ2v) is 9.37. The van der Waals surface area contributed by atoms with E-state index >= 15 is 0 Å². The van der Waals surface area contributed by atoms with Crippen LogP contribution in [0.15, 0.2) is 47.5 Å². The highest BCUT2D eigenvalue weighted by molar-refractivity contribution is 6.09. The Morgan fingerprint density at radius 2 is 2.00 bits per heavy atom. The minimum Gasteiger partial charge on any atom is -0.507 e. The summed E-state index contributed by atoms with van der Waals surface area (Å²) >= 11 is 0. The SMILES string of the molecule is CC(C)(C)OC(=O)[N+]1=CCC(n2cc(/C(O)=c3/ccc4nc(=O)c5cccc3c45)cn2)CC1. The molecule has 2 aromatic carbocycles. The van der Waals surface area contributed by atoms with Crippen molar-refractivity contribution in [3.63, 3.8) is 0 Å². The van der Waals surface area contributed by atoms with Crippen LogP contribution < -0.4 is 10.8 Å². The molecule has 8 heteroatoms. The van der Waals surface area contributed by atoms with Gasteiger partial charge in [-0.3, -0.25) is 9.48 Å². The van der Waals surface area contributed by atoms with Crippen LogP contribution in [0.3, 0.4) is 0 Å². The quantitative estimate of drug-likeness (QED) is 0.476. The molecule has 0 bridgehead atoms. The first-order valence-corrected chi connectivity index (χ1v) is 11.0. The Morgan fingerprint density at radius 1 is 1.21 bits per heavy atom. The van der Waals surface area contributed by atoms with E-state index in [4.69, 9.17) is 4.74 Å². The predicted molar refractivity (Wildman–Crippen MR) is 125 cm³/mol. The molecular weight excluding hydrogens is 420 g/mol. The van der Waals surface area contributed by atoms with Gasteiger partial charge < -0.3 is 9.84 Å². The maximum absolute atomic E-state index is 12.3. The molecule has 0 saturated carbocycles. The smallest absolute Gasteiger partial charge is 0.507 e. The Labute approximate surface area is 189 Å². The summed E-state index contributed by atoms with van der Waals surface area (Å²) in [4.78, 5) is 28.5. The van der Waals surface area contributed by atoms with Gasteiger partial charge in [-0.1, -0.05) is 12.1 Å². The third-order valence-corrected chi connectivity index (χ3v) is 5.90. The molecule has 1 aliphatic rings. The fourth-order valence-corrected chi connectivity index (χ4v) is 4.32. The first-order chi connectivity index (χ1) is 15.7. The normalized spacial score (nSPS) is 17.9. The molecule has 1 amide bonds. The van der Waals surface area contributed by atoms with Crippen LogP contribution in [0.1, 0.15) is 45.2 Å². The molecule has 5 rings (SSSR count). The van der Waals surface area contributed by atoms with E-state index in [2.05, 4.69) is 10.1 Å². The van der Waals surface area contributed by atoms with Crippen LogP contribution in [-0.2, 0) is 4.74 Å². The number of amides is 1. The third-order valence-electron chi connectivity index (χ3n) is 5.90. The van der Waals surface area contributed by atoms with Crippen LogP contribution in [-0.4, -0.2) is 48.9 Å². The molecule has 1 N–H and O–H groups in total. The average molecular weight is 445 g/mol. The van der Waals surface area contributed by atoms with Crippen molar-refractivity contribution in [2.24, 2.45) is 0 Å². The summed E-state index contributed by atoms with van der Waals surface area (Å²) < 4.78 is 8.87. The standard InChI is InChI=1S/C25H24N4O4/c1-25(2,3)33-24(32)28-11-9-16(10-12-28)29-14-15(13-26-29)22(30)18-7-8-20-21-17(18)5-4-6-19(21)23(31)27-20/h4-8,11,13-14,16H,9-10,12H2,1-3H3/p+1. The molecule has 168 valence electrons. The zero-order valence-electron chi connectivity index (χ0n) is 18.8. The fraction of sp³-hybridized carbons (Fsp3) is 0.320. The van der Waals surface area contributed by atoms with Gasteiger partial charge in [0.2, 0.25) is 0 Å². The molecular formula is C25H25N4O4+. The summed E-state index contributed by atoms with van der Waals surface area (Å²) in [6.45, 7) is 6.08. The van der Waals surface area contributed by atoms with Crippen LogP contribution in [0.2, 0.25) is 0 Å². The summed E-state index contributed by atoms with van der Waals surface area (Å²) in [5.41, 5.74) is 0.432. The Bertz CT molecular complexity index is 1510. The number of aromatic nitrogens is 3. The van der Waals surface area contributed by atoms with E-state index < -0.39 is 5.60 Å². The van der Waals surface area contributed by atoms with Gasteiger partial charge in [0.25, 0.3) is 5.56 Å². The Kier molecular flexibility index (Phi) is 4.88. The number of carbonyl (C=O) groups is 1. The summed E-state index contributed by atoms with van der Waals surface area (Å²) in [5.74, 6) is 0.0967. The van der Waals surface area contributed by atoms with E-state index in [0.29, 0.717) is 34.7 Å². The average Bonchev–Trinajstić information content (AvgIpc) is 3.39. The maximum Gasteiger partial charge on any atom is 0.596 e. The molecule has 0 spiro atoms. The summed E-state index contributed by atoms with van der Waals surface area (Å²) in [6, 6.07) is 9.05. The summed E-state index contributed by atoms with van der Waals surface area (Å²) in [6.07, 6.45) is 6.31. The van der Waals surface area contributed by atoms with Crippen LogP contribution >= 0.6 is 0 Å². The first-order valence-electron chi connectivity index (χ1n) is 11.0. The molecule has 3 heterocycles. The lowest BCUT2D eigenvalue weighted by molar-refractivity contribution is -0.453. The first kappa shape index (κ1) is 21.1.